The van der Waals surface area contributed by atoms with Crippen molar-refractivity contribution in [2.75, 3.05) is 0 Å². The molecule has 0 aromatic heterocycles. The van der Waals surface area contributed by atoms with Crippen LogP contribution in [-0.4, -0.2) is 3.48 Å². The number of halogens is 4. The van der Waals surface area contributed by atoms with Gasteiger partial charge in [0.25, 0.3) is 0 Å². The van der Waals surface area contributed by atoms with Crippen LogP contribution in [0.3, 0.4) is 0 Å². The molecule has 0 saturated heterocycles. The van der Waals surface area contributed by atoms with Crippen molar-refractivity contribution in [1.29, 1.82) is 0 Å². The lowest BCUT2D eigenvalue weighted by Gasteiger charge is -2.21. The normalized spacial score (nSPS) is 14.2. The van der Waals surface area contributed by atoms with Crippen LogP contribution in [0, 0.1) is 0 Å². The van der Waals surface area contributed by atoms with Gasteiger partial charge in [0, 0.05) is 0 Å². The van der Waals surface area contributed by atoms with Gasteiger partial charge in [-0.05, 0) is 71.1 Å². The van der Waals surface area contributed by atoms with Crippen LogP contribution >= 0.6 is 71.1 Å². The molecule has 0 amide bonds. The Morgan fingerprint density at radius 1 is 1.00 bits per heavy atom. The van der Waals surface area contributed by atoms with Crippen molar-refractivity contribution in [3.63, 3.8) is 0 Å². The molecule has 1 unspecified atom stereocenters. The summed E-state index contributed by atoms with van der Waals surface area (Å²) >= 11 is 0. The van der Waals surface area contributed by atoms with Gasteiger partial charge in [-0.1, -0.05) is 0 Å². The van der Waals surface area contributed by atoms with Crippen LogP contribution in [0.1, 0.15) is 0 Å². The fourth-order valence-corrected chi connectivity index (χ4v) is 4.14. The Hall–Kier alpha value is 2.25. The quantitative estimate of drug-likeness (QED) is 0.564. The van der Waals surface area contributed by atoms with Gasteiger partial charge in [0.1, 0.15) is 0 Å². The SMILES string of the molecule is PN([SH](Cl)Cl)[SH](Cl)Cl. The van der Waals surface area contributed by atoms with Gasteiger partial charge < -0.3 is 0 Å². The van der Waals surface area contributed by atoms with E-state index in [1.807, 2.05) is 0 Å². The van der Waals surface area contributed by atoms with E-state index in [-0.39, 0.29) is 0 Å². The number of nitrogens with zero attached hydrogens (tertiary/aromatic N) is 1. The van der Waals surface area contributed by atoms with Gasteiger partial charge >= 0.3 is 0 Å². The lowest BCUT2D eigenvalue weighted by Crippen LogP contribution is -1.85. The van der Waals surface area contributed by atoms with Crippen molar-refractivity contribution >= 4 is 71.1 Å². The summed E-state index contributed by atoms with van der Waals surface area (Å²) in [7, 11) is 21.5. The van der Waals surface area contributed by atoms with Gasteiger partial charge in [0.2, 0.25) is 0 Å². The minimum absolute atomic E-state index is 1.20. The third kappa shape index (κ3) is 4.13. The van der Waals surface area contributed by atoms with E-state index in [2.05, 4.69) is 9.39 Å². The highest BCUT2D eigenvalue weighted by Gasteiger charge is 2.07. The molecule has 0 rings (SSSR count). The zero-order chi connectivity index (χ0) is 6.73. The summed E-state index contributed by atoms with van der Waals surface area (Å²) in [5, 5.41) is 0. The fourth-order valence-electron chi connectivity index (χ4n) is 0.0511. The topological polar surface area (TPSA) is 3.24 Å². The van der Waals surface area contributed by atoms with Crippen LogP contribution < -0.4 is 0 Å². The minimum Gasteiger partial charge on any atom is -0.170 e. The maximum Gasteiger partial charge on any atom is -0.0254 e. The molecular formula is H4Cl4NPS2. The predicted octanol–water partition coefficient (Wildman–Crippen LogP) is 3.53. The van der Waals surface area contributed by atoms with Gasteiger partial charge in [-0.25, -0.2) is 0 Å². The van der Waals surface area contributed by atoms with Crippen molar-refractivity contribution in [2.24, 2.45) is 0 Å². The lowest BCUT2D eigenvalue weighted by molar-refractivity contribution is 1.32. The maximum atomic E-state index is 5.41. The standard InChI is InChI=1S/Cl4H4NPS2/c1-7(2)5(6)8(3)4/h7-8H,6H2. The molecule has 54 valence electrons. The van der Waals surface area contributed by atoms with Gasteiger partial charge in [0.15, 0.2) is 0 Å². The van der Waals surface area contributed by atoms with E-state index in [1.165, 1.54) is 3.48 Å². The van der Waals surface area contributed by atoms with Crippen molar-refractivity contribution in [1.82, 2.24) is 3.48 Å². The monoisotopic (exact) mass is 253 g/mol. The van der Waals surface area contributed by atoms with Crippen LogP contribution in [0.2, 0.25) is 0 Å². The summed E-state index contributed by atoms with van der Waals surface area (Å²) in [5.41, 5.74) is 0. The van der Waals surface area contributed by atoms with Gasteiger partial charge in [-0.15, -0.1) is 0 Å². The van der Waals surface area contributed by atoms with Gasteiger partial charge in [0.05, 0.1) is 0 Å². The Kier molecular flexibility index (Phi) is 6.37. The molecule has 0 aromatic rings. The minimum atomic E-state index is -1.20. The Balaban J connectivity index is 3.46. The van der Waals surface area contributed by atoms with Crippen molar-refractivity contribution < 1.29 is 0 Å². The molecular weight excluding hydrogens is 251 g/mol. The van der Waals surface area contributed by atoms with Gasteiger partial charge in [-0.3, -0.25) is 0 Å². The first-order valence-corrected chi connectivity index (χ1v) is 8.06. The van der Waals surface area contributed by atoms with Crippen LogP contribution in [0.15, 0.2) is 0 Å². The highest BCUT2D eigenvalue weighted by molar-refractivity contribution is 8.64. The van der Waals surface area contributed by atoms with E-state index in [1.54, 1.807) is 0 Å². The summed E-state index contributed by atoms with van der Waals surface area (Å²) in [6.07, 6.45) is 0. The third-order valence-electron chi connectivity index (χ3n) is 0.310. The summed E-state index contributed by atoms with van der Waals surface area (Å²) < 4.78 is 1.44. The van der Waals surface area contributed by atoms with Crippen LogP contribution in [0.4, 0.5) is 0 Å². The molecule has 0 spiro atoms. The Morgan fingerprint density at radius 3 is 1.25 bits per heavy atom. The maximum absolute atomic E-state index is 5.41. The number of thiol groups is 2. The molecule has 1 atom stereocenters. The molecule has 0 aromatic carbocycles. The largest absolute Gasteiger partial charge is 0.170 e. The molecule has 0 bridgehead atoms. The summed E-state index contributed by atoms with van der Waals surface area (Å²) in [6.45, 7) is 0. The van der Waals surface area contributed by atoms with Crippen molar-refractivity contribution in [2.45, 2.75) is 0 Å². The fraction of sp³-hybridized carbons (Fsp3) is 0. The molecule has 0 N–H and O–H groups in total. The van der Waals surface area contributed by atoms with E-state index in [9.17, 15) is 0 Å². The average molecular weight is 255 g/mol. The zero-order valence-electron chi connectivity index (χ0n) is 3.43. The van der Waals surface area contributed by atoms with Crippen molar-refractivity contribution in [3.05, 3.63) is 0 Å². The van der Waals surface area contributed by atoms with Crippen LogP contribution in [0.25, 0.3) is 0 Å². The third-order valence-corrected chi connectivity index (χ3v) is 8.36. The van der Waals surface area contributed by atoms with E-state index < -0.39 is 19.0 Å². The Labute approximate surface area is 74.2 Å². The predicted molar refractivity (Wildman–Crippen MR) is 52.9 cm³/mol. The molecule has 0 aliphatic rings. The highest BCUT2D eigenvalue weighted by Crippen LogP contribution is 2.58. The molecule has 0 fully saturated rings. The summed E-state index contributed by atoms with van der Waals surface area (Å²) in [5.74, 6) is 0. The molecule has 0 aliphatic carbocycles. The molecule has 8 heteroatoms. The molecule has 1 nitrogen and oxygen atoms in total. The first-order chi connectivity index (χ1) is 3.55. The Bertz CT molecular complexity index is 59.1. The average Bonchev–Trinajstić information content (AvgIpc) is 1.64. The van der Waals surface area contributed by atoms with Crippen molar-refractivity contribution in [3.8, 4) is 0 Å². The number of hydrogen-bond donors (Lipinski definition) is 2. The number of rotatable bonds is 2. The molecule has 0 heterocycles. The lowest BCUT2D eigenvalue weighted by atomic mass is 13.8. The van der Waals surface area contributed by atoms with E-state index >= 15 is 0 Å². The molecule has 0 radical (unpaired) electrons. The number of hydrogen-bond acceptors (Lipinski definition) is 1. The second kappa shape index (κ2) is 4.97. The first kappa shape index (κ1) is 10.2. The van der Waals surface area contributed by atoms with E-state index in [0.717, 1.165) is 0 Å². The Morgan fingerprint density at radius 2 is 1.25 bits per heavy atom. The van der Waals surface area contributed by atoms with E-state index in [0.29, 0.717) is 0 Å². The summed E-state index contributed by atoms with van der Waals surface area (Å²) in [4.78, 5) is 0. The smallest absolute Gasteiger partial charge is 0.0254 e. The molecule has 8 heavy (non-hydrogen) atoms. The molecule has 0 aliphatic heterocycles. The van der Waals surface area contributed by atoms with Crippen LogP contribution in [-0.2, 0) is 0 Å². The molecule has 0 saturated carbocycles. The zero-order valence-corrected chi connectivity index (χ0v) is 9.40. The van der Waals surface area contributed by atoms with E-state index in [4.69, 9.17) is 42.7 Å². The second-order valence-electron chi connectivity index (χ2n) is 0.751. The van der Waals surface area contributed by atoms with Crippen LogP contribution in [0.5, 0.6) is 0 Å². The highest BCUT2D eigenvalue weighted by atomic mass is 36.0. The van der Waals surface area contributed by atoms with Gasteiger partial charge in [-0.2, -0.15) is 3.48 Å². The second-order valence-corrected chi connectivity index (χ2v) is 9.05. The first-order valence-electron chi connectivity index (χ1n) is 1.33. The summed E-state index contributed by atoms with van der Waals surface area (Å²) in [6, 6.07) is 0.